The topological polar surface area (TPSA) is 49.6 Å². The quantitative estimate of drug-likeness (QED) is 0.212. The Bertz CT molecular complexity index is 2330. The molecule has 3 heteroatoms. The lowest BCUT2D eigenvalue weighted by molar-refractivity contribution is 1.33. The minimum absolute atomic E-state index is 0.637. The Morgan fingerprint density at radius 2 is 1.12 bits per heavy atom. The molecule has 0 saturated carbocycles. The SMILES string of the molecule is N#Cc1ccc(-c2nc3ccccc3c3c4ccccc4c4cc(-c5ccc(-c6cccnc6)cc5)ccc4c23)cc1. The van der Waals surface area contributed by atoms with Crippen LogP contribution in [-0.4, -0.2) is 9.97 Å². The third kappa shape index (κ3) is 3.82. The Morgan fingerprint density at radius 1 is 0.476 bits per heavy atom. The van der Waals surface area contributed by atoms with Crippen molar-refractivity contribution in [3.05, 3.63) is 145 Å². The van der Waals surface area contributed by atoms with E-state index in [4.69, 9.17) is 4.98 Å². The predicted octanol–water partition coefficient (Wildman–Crippen LogP) is 9.96. The molecule has 42 heavy (non-hydrogen) atoms. The maximum Gasteiger partial charge on any atom is 0.0991 e. The Hall–Kier alpha value is -5.85. The van der Waals surface area contributed by atoms with E-state index in [1.54, 1.807) is 6.20 Å². The fraction of sp³-hybridized carbons (Fsp3) is 0. The van der Waals surface area contributed by atoms with Gasteiger partial charge < -0.3 is 0 Å². The van der Waals surface area contributed by atoms with Gasteiger partial charge in [0.1, 0.15) is 0 Å². The number of nitrogens with zero attached hydrogens (tertiary/aromatic N) is 3. The van der Waals surface area contributed by atoms with Gasteiger partial charge in [-0.3, -0.25) is 4.98 Å². The van der Waals surface area contributed by atoms with Crippen molar-refractivity contribution in [2.45, 2.75) is 0 Å². The van der Waals surface area contributed by atoms with Gasteiger partial charge in [0.25, 0.3) is 0 Å². The van der Waals surface area contributed by atoms with Gasteiger partial charge in [0.15, 0.2) is 0 Å². The van der Waals surface area contributed by atoms with Crippen LogP contribution >= 0.6 is 0 Å². The molecule has 0 atom stereocenters. The summed E-state index contributed by atoms with van der Waals surface area (Å²) < 4.78 is 0. The highest BCUT2D eigenvalue weighted by molar-refractivity contribution is 6.33. The number of fused-ring (bicyclic) bond motifs is 8. The second kappa shape index (κ2) is 9.66. The molecule has 0 aliphatic carbocycles. The zero-order chi connectivity index (χ0) is 28.0. The number of nitriles is 1. The molecule has 194 valence electrons. The van der Waals surface area contributed by atoms with Crippen molar-refractivity contribution in [1.82, 2.24) is 9.97 Å². The van der Waals surface area contributed by atoms with Crippen LogP contribution in [0.25, 0.3) is 76.7 Å². The van der Waals surface area contributed by atoms with Gasteiger partial charge in [-0.15, -0.1) is 0 Å². The van der Waals surface area contributed by atoms with Crippen LogP contribution in [0.5, 0.6) is 0 Å². The lowest BCUT2D eigenvalue weighted by Gasteiger charge is -2.17. The molecule has 2 aromatic heterocycles. The fourth-order valence-electron chi connectivity index (χ4n) is 6.15. The molecule has 0 aliphatic heterocycles. The summed E-state index contributed by atoms with van der Waals surface area (Å²) in [6, 6.07) is 46.6. The van der Waals surface area contributed by atoms with E-state index in [0.29, 0.717) is 5.56 Å². The van der Waals surface area contributed by atoms with Crippen molar-refractivity contribution in [2.75, 3.05) is 0 Å². The lowest BCUT2D eigenvalue weighted by atomic mass is 9.88. The normalized spacial score (nSPS) is 11.3. The van der Waals surface area contributed by atoms with E-state index < -0.39 is 0 Å². The van der Waals surface area contributed by atoms with Crippen molar-refractivity contribution in [3.63, 3.8) is 0 Å². The summed E-state index contributed by atoms with van der Waals surface area (Å²) >= 11 is 0. The minimum Gasteiger partial charge on any atom is -0.264 e. The highest BCUT2D eigenvalue weighted by atomic mass is 14.7. The van der Waals surface area contributed by atoms with Gasteiger partial charge in [-0.05, 0) is 74.1 Å². The molecule has 0 N–H and O–H groups in total. The van der Waals surface area contributed by atoms with Gasteiger partial charge in [-0.1, -0.05) is 97.1 Å². The van der Waals surface area contributed by atoms with Crippen molar-refractivity contribution < 1.29 is 0 Å². The largest absolute Gasteiger partial charge is 0.264 e. The first-order valence-electron chi connectivity index (χ1n) is 14.0. The molecule has 8 aromatic rings. The molecule has 0 aliphatic rings. The lowest BCUT2D eigenvalue weighted by Crippen LogP contribution is -1.93. The summed E-state index contributed by atoms with van der Waals surface area (Å²) in [5, 5.41) is 17.7. The van der Waals surface area contributed by atoms with Gasteiger partial charge in [0, 0.05) is 34.1 Å². The molecule has 0 bridgehead atoms. The molecule has 0 unspecified atom stereocenters. The summed E-state index contributed by atoms with van der Waals surface area (Å²) in [7, 11) is 0. The zero-order valence-corrected chi connectivity index (χ0v) is 22.6. The Labute approximate surface area is 243 Å². The first-order chi connectivity index (χ1) is 20.8. The molecule has 2 heterocycles. The molecule has 0 spiro atoms. The van der Waals surface area contributed by atoms with E-state index in [2.05, 4.69) is 102 Å². The van der Waals surface area contributed by atoms with Crippen molar-refractivity contribution in [3.8, 4) is 39.6 Å². The van der Waals surface area contributed by atoms with Crippen molar-refractivity contribution in [1.29, 1.82) is 5.26 Å². The fourth-order valence-corrected chi connectivity index (χ4v) is 6.15. The average molecular weight is 534 g/mol. The van der Waals surface area contributed by atoms with Crippen LogP contribution in [0.3, 0.4) is 0 Å². The monoisotopic (exact) mass is 533 g/mol. The van der Waals surface area contributed by atoms with E-state index in [9.17, 15) is 5.26 Å². The molecule has 6 aromatic carbocycles. The maximum atomic E-state index is 9.40. The van der Waals surface area contributed by atoms with Crippen LogP contribution in [0.1, 0.15) is 5.56 Å². The number of pyridine rings is 2. The summed E-state index contributed by atoms with van der Waals surface area (Å²) in [4.78, 5) is 9.48. The molecule has 0 saturated heterocycles. The summed E-state index contributed by atoms with van der Waals surface area (Å²) in [5.74, 6) is 0. The third-order valence-corrected chi connectivity index (χ3v) is 8.17. The van der Waals surface area contributed by atoms with Gasteiger partial charge in [0.05, 0.1) is 22.8 Å². The number of hydrogen-bond acceptors (Lipinski definition) is 3. The predicted molar refractivity (Wildman–Crippen MR) is 173 cm³/mol. The molecular weight excluding hydrogens is 510 g/mol. The van der Waals surface area contributed by atoms with E-state index in [0.717, 1.165) is 49.6 Å². The number of rotatable bonds is 3. The van der Waals surface area contributed by atoms with Gasteiger partial charge in [-0.25, -0.2) is 4.98 Å². The van der Waals surface area contributed by atoms with Crippen LogP contribution in [0.2, 0.25) is 0 Å². The molecule has 0 amide bonds. The van der Waals surface area contributed by atoms with Crippen LogP contribution in [-0.2, 0) is 0 Å². The van der Waals surface area contributed by atoms with Gasteiger partial charge in [0.2, 0.25) is 0 Å². The van der Waals surface area contributed by atoms with E-state index in [-0.39, 0.29) is 0 Å². The maximum absolute atomic E-state index is 9.40. The van der Waals surface area contributed by atoms with Crippen molar-refractivity contribution >= 4 is 43.2 Å². The highest BCUT2D eigenvalue weighted by Gasteiger charge is 2.18. The van der Waals surface area contributed by atoms with Crippen LogP contribution in [0.4, 0.5) is 0 Å². The summed E-state index contributed by atoms with van der Waals surface area (Å²) in [6.45, 7) is 0. The van der Waals surface area contributed by atoms with E-state index >= 15 is 0 Å². The first-order valence-corrected chi connectivity index (χ1v) is 14.0. The summed E-state index contributed by atoms with van der Waals surface area (Å²) in [6.07, 6.45) is 3.69. The zero-order valence-electron chi connectivity index (χ0n) is 22.6. The number of hydrogen-bond donors (Lipinski definition) is 0. The molecule has 0 fully saturated rings. The number of aromatic nitrogens is 2. The third-order valence-electron chi connectivity index (χ3n) is 8.17. The first kappa shape index (κ1) is 24.0. The second-order valence-electron chi connectivity index (χ2n) is 10.5. The van der Waals surface area contributed by atoms with Crippen molar-refractivity contribution in [2.24, 2.45) is 0 Å². The standard InChI is InChI=1S/C39H23N3/c40-23-25-11-13-28(14-12-25)39-38-33-20-19-29(26-15-17-27(18-16-26)30-6-5-21-41-24-30)22-35(33)31-7-1-2-8-32(31)37(38)34-9-3-4-10-36(34)42-39/h1-22,24H. The van der Waals surface area contributed by atoms with E-state index in [1.807, 2.05) is 42.6 Å². The Kier molecular flexibility index (Phi) is 5.52. The number of para-hydroxylation sites is 1. The van der Waals surface area contributed by atoms with Crippen LogP contribution < -0.4 is 0 Å². The smallest absolute Gasteiger partial charge is 0.0991 e. The van der Waals surface area contributed by atoms with Crippen LogP contribution in [0, 0.1) is 11.3 Å². The average Bonchev–Trinajstić information content (AvgIpc) is 3.08. The second-order valence-corrected chi connectivity index (χ2v) is 10.5. The summed E-state index contributed by atoms with van der Waals surface area (Å²) in [5.41, 5.74) is 8.10. The highest BCUT2D eigenvalue weighted by Crippen LogP contribution is 2.43. The van der Waals surface area contributed by atoms with Gasteiger partial charge >= 0.3 is 0 Å². The van der Waals surface area contributed by atoms with Crippen LogP contribution in [0.15, 0.2) is 140 Å². The molecule has 0 radical (unpaired) electrons. The minimum atomic E-state index is 0.637. The molecule has 3 nitrogen and oxygen atoms in total. The van der Waals surface area contributed by atoms with Gasteiger partial charge in [-0.2, -0.15) is 5.26 Å². The molecular formula is C39H23N3. The number of benzene rings is 6. The molecule has 8 rings (SSSR count). The van der Waals surface area contributed by atoms with E-state index in [1.165, 1.54) is 27.1 Å². The Morgan fingerprint density at radius 3 is 1.86 bits per heavy atom. The Balaban J connectivity index is 1.43.